The molecule has 1 aliphatic rings. The fraction of sp³-hybridized carbons (Fsp3) is 0.176. The first kappa shape index (κ1) is 11.1. The molecule has 0 unspecified atom stereocenters. The van der Waals surface area contributed by atoms with Crippen molar-refractivity contribution in [1.82, 2.24) is 0 Å². The largest absolute Gasteiger partial charge is 0.370 e. The third kappa shape index (κ3) is 1.82. The first-order chi connectivity index (χ1) is 8.75. The molecule has 2 aromatic carbocycles. The van der Waals surface area contributed by atoms with Crippen LogP contribution in [0, 0.1) is 0 Å². The van der Waals surface area contributed by atoms with Crippen molar-refractivity contribution >= 4 is 11.3 Å². The molecule has 0 fully saturated rings. The van der Waals surface area contributed by atoms with Crippen molar-refractivity contribution in [2.24, 2.45) is 0 Å². The molecule has 0 amide bonds. The Labute approximate surface area is 108 Å². The van der Waals surface area contributed by atoms with E-state index in [4.69, 9.17) is 0 Å². The Kier molecular flexibility index (Phi) is 2.67. The minimum absolute atomic E-state index is 0.928. The summed E-state index contributed by atoms with van der Waals surface area (Å²) in [6.07, 6.45) is 0.928. The SMILES string of the molecule is C=C1Cc2ccccc2N(C)Cc2ccccc21. The number of nitrogens with zero attached hydrogens (tertiary/aromatic N) is 1. The molecule has 0 N–H and O–H groups in total. The lowest BCUT2D eigenvalue weighted by molar-refractivity contribution is 0.901. The van der Waals surface area contributed by atoms with Crippen LogP contribution in [0.4, 0.5) is 5.69 Å². The van der Waals surface area contributed by atoms with Gasteiger partial charge in [-0.25, -0.2) is 0 Å². The second-order valence-corrected chi connectivity index (χ2v) is 4.92. The van der Waals surface area contributed by atoms with E-state index in [9.17, 15) is 0 Å². The molecule has 2 aromatic rings. The quantitative estimate of drug-likeness (QED) is 0.669. The minimum atomic E-state index is 0.928. The Bertz CT molecular complexity index is 598. The van der Waals surface area contributed by atoms with E-state index < -0.39 is 0 Å². The lowest BCUT2D eigenvalue weighted by atomic mass is 9.92. The predicted octanol–water partition coefficient (Wildman–Crippen LogP) is 3.89. The van der Waals surface area contributed by atoms with Crippen LogP contribution in [-0.4, -0.2) is 7.05 Å². The third-order valence-corrected chi connectivity index (χ3v) is 3.61. The average molecular weight is 235 g/mol. The van der Waals surface area contributed by atoms with Crippen molar-refractivity contribution in [3.8, 4) is 0 Å². The summed E-state index contributed by atoms with van der Waals surface area (Å²) in [6.45, 7) is 5.20. The summed E-state index contributed by atoms with van der Waals surface area (Å²) in [5, 5.41) is 0. The second-order valence-electron chi connectivity index (χ2n) is 4.92. The highest BCUT2D eigenvalue weighted by atomic mass is 15.1. The molecule has 1 aliphatic heterocycles. The average Bonchev–Trinajstić information content (AvgIpc) is 2.38. The van der Waals surface area contributed by atoms with Gasteiger partial charge in [0.05, 0.1) is 0 Å². The van der Waals surface area contributed by atoms with Crippen LogP contribution in [0.5, 0.6) is 0 Å². The molecule has 0 spiro atoms. The van der Waals surface area contributed by atoms with Gasteiger partial charge in [0.15, 0.2) is 0 Å². The maximum atomic E-state index is 4.26. The van der Waals surface area contributed by atoms with Crippen molar-refractivity contribution in [3.63, 3.8) is 0 Å². The van der Waals surface area contributed by atoms with E-state index in [0.29, 0.717) is 0 Å². The number of allylic oxidation sites excluding steroid dienone is 1. The first-order valence-corrected chi connectivity index (χ1v) is 6.31. The molecule has 1 heteroatoms. The summed E-state index contributed by atoms with van der Waals surface area (Å²) in [5.41, 5.74) is 6.55. The normalized spacial score (nSPS) is 14.5. The van der Waals surface area contributed by atoms with Crippen LogP contribution in [0.2, 0.25) is 0 Å². The predicted molar refractivity (Wildman–Crippen MR) is 77.7 cm³/mol. The maximum absolute atomic E-state index is 4.26. The Morgan fingerprint density at radius 3 is 2.44 bits per heavy atom. The Morgan fingerprint density at radius 2 is 1.61 bits per heavy atom. The van der Waals surface area contributed by atoms with Crippen LogP contribution in [0.1, 0.15) is 16.7 Å². The standard InChI is InChI=1S/C17H17N/c1-13-11-14-7-4-6-10-17(14)18(2)12-15-8-3-5-9-16(13)15/h3-10H,1,11-12H2,2H3. The number of rotatable bonds is 0. The number of fused-ring (bicyclic) bond motifs is 2. The van der Waals surface area contributed by atoms with Crippen LogP contribution in [0.25, 0.3) is 5.57 Å². The number of anilines is 1. The van der Waals surface area contributed by atoms with Crippen molar-refractivity contribution in [3.05, 3.63) is 71.8 Å². The van der Waals surface area contributed by atoms with Gasteiger partial charge in [0.25, 0.3) is 0 Å². The Morgan fingerprint density at radius 1 is 0.944 bits per heavy atom. The summed E-state index contributed by atoms with van der Waals surface area (Å²) in [7, 11) is 2.16. The van der Waals surface area contributed by atoms with Crippen molar-refractivity contribution in [2.75, 3.05) is 11.9 Å². The molecule has 1 heterocycles. The molecule has 0 aliphatic carbocycles. The van der Waals surface area contributed by atoms with Crippen LogP contribution in [0.3, 0.4) is 0 Å². The van der Waals surface area contributed by atoms with E-state index in [-0.39, 0.29) is 0 Å². The molecule has 0 saturated heterocycles. The zero-order valence-electron chi connectivity index (χ0n) is 10.7. The number of hydrogen-bond donors (Lipinski definition) is 0. The van der Waals surface area contributed by atoms with E-state index in [1.807, 2.05) is 0 Å². The van der Waals surface area contributed by atoms with Gasteiger partial charge in [-0.2, -0.15) is 0 Å². The molecular formula is C17H17N. The molecule has 0 saturated carbocycles. The monoisotopic (exact) mass is 235 g/mol. The highest BCUT2D eigenvalue weighted by Crippen LogP contribution is 2.31. The maximum Gasteiger partial charge on any atom is 0.0432 e. The topological polar surface area (TPSA) is 3.24 Å². The zero-order valence-corrected chi connectivity index (χ0v) is 10.7. The van der Waals surface area contributed by atoms with Crippen LogP contribution < -0.4 is 4.90 Å². The van der Waals surface area contributed by atoms with Gasteiger partial charge >= 0.3 is 0 Å². The third-order valence-electron chi connectivity index (χ3n) is 3.61. The van der Waals surface area contributed by atoms with Crippen molar-refractivity contribution in [2.45, 2.75) is 13.0 Å². The van der Waals surface area contributed by atoms with Gasteiger partial charge < -0.3 is 4.90 Å². The lowest BCUT2D eigenvalue weighted by Gasteiger charge is -2.27. The molecule has 0 bridgehead atoms. The van der Waals surface area contributed by atoms with Gasteiger partial charge in [0, 0.05) is 19.3 Å². The summed E-state index contributed by atoms with van der Waals surface area (Å²) >= 11 is 0. The van der Waals surface area contributed by atoms with Gasteiger partial charge in [-0.15, -0.1) is 0 Å². The highest BCUT2D eigenvalue weighted by Gasteiger charge is 2.15. The summed E-state index contributed by atoms with van der Waals surface area (Å²) in [6, 6.07) is 17.2. The fourth-order valence-electron chi connectivity index (χ4n) is 2.70. The van der Waals surface area contributed by atoms with Crippen molar-refractivity contribution < 1.29 is 0 Å². The van der Waals surface area contributed by atoms with Crippen LogP contribution in [0.15, 0.2) is 55.1 Å². The zero-order chi connectivity index (χ0) is 12.5. The Hall–Kier alpha value is -2.02. The summed E-state index contributed by atoms with van der Waals surface area (Å²) in [5.74, 6) is 0. The minimum Gasteiger partial charge on any atom is -0.370 e. The first-order valence-electron chi connectivity index (χ1n) is 6.31. The van der Waals surface area contributed by atoms with Gasteiger partial charge in [-0.05, 0) is 34.8 Å². The van der Waals surface area contributed by atoms with Gasteiger partial charge in [0.2, 0.25) is 0 Å². The van der Waals surface area contributed by atoms with E-state index in [1.54, 1.807) is 0 Å². The van der Waals surface area contributed by atoms with E-state index >= 15 is 0 Å². The van der Waals surface area contributed by atoms with Crippen LogP contribution >= 0.6 is 0 Å². The van der Waals surface area contributed by atoms with Gasteiger partial charge in [-0.1, -0.05) is 49.0 Å². The lowest BCUT2D eigenvalue weighted by Crippen LogP contribution is -2.20. The smallest absolute Gasteiger partial charge is 0.0432 e. The molecule has 90 valence electrons. The highest BCUT2D eigenvalue weighted by molar-refractivity contribution is 5.73. The summed E-state index contributed by atoms with van der Waals surface area (Å²) in [4.78, 5) is 2.32. The second kappa shape index (κ2) is 4.34. The van der Waals surface area contributed by atoms with Gasteiger partial charge in [0.1, 0.15) is 0 Å². The molecule has 18 heavy (non-hydrogen) atoms. The van der Waals surface area contributed by atoms with Gasteiger partial charge in [-0.3, -0.25) is 0 Å². The van der Waals surface area contributed by atoms with Crippen LogP contribution in [-0.2, 0) is 13.0 Å². The molecule has 3 rings (SSSR count). The van der Waals surface area contributed by atoms with E-state index in [1.165, 1.54) is 28.0 Å². The molecular weight excluding hydrogens is 218 g/mol. The Balaban J connectivity index is 2.12. The number of benzene rings is 2. The fourth-order valence-corrected chi connectivity index (χ4v) is 2.70. The molecule has 1 nitrogen and oxygen atoms in total. The molecule has 0 radical (unpaired) electrons. The number of para-hydroxylation sites is 1. The number of hydrogen-bond acceptors (Lipinski definition) is 1. The van der Waals surface area contributed by atoms with E-state index in [2.05, 4.69) is 67.1 Å². The summed E-state index contributed by atoms with van der Waals surface area (Å²) < 4.78 is 0. The van der Waals surface area contributed by atoms with E-state index in [0.717, 1.165) is 13.0 Å². The van der Waals surface area contributed by atoms with Crippen molar-refractivity contribution in [1.29, 1.82) is 0 Å². The molecule has 0 atom stereocenters. The molecule has 0 aromatic heterocycles.